The highest BCUT2D eigenvalue weighted by Gasteiger charge is 1.98. The summed E-state index contributed by atoms with van der Waals surface area (Å²) in [5, 5.41) is 3.05. The molecular formula is C11H19N3O3. The first kappa shape index (κ1) is 13.7. The maximum atomic E-state index is 5.30. The van der Waals surface area contributed by atoms with E-state index in [-0.39, 0.29) is 0 Å². The molecule has 0 bridgehead atoms. The Morgan fingerprint density at radius 2 is 2.18 bits per heavy atom. The first-order chi connectivity index (χ1) is 8.36. The number of hydrogen-bond acceptors (Lipinski definition) is 6. The number of ether oxygens (including phenoxy) is 3. The third kappa shape index (κ3) is 6.03. The lowest BCUT2D eigenvalue weighted by molar-refractivity contribution is 0.0758. The van der Waals surface area contributed by atoms with Crippen LogP contribution in [0.1, 0.15) is 6.92 Å². The van der Waals surface area contributed by atoms with E-state index in [2.05, 4.69) is 15.3 Å². The van der Waals surface area contributed by atoms with Crippen molar-refractivity contribution in [1.29, 1.82) is 0 Å². The van der Waals surface area contributed by atoms with E-state index in [9.17, 15) is 0 Å². The number of anilines is 1. The summed E-state index contributed by atoms with van der Waals surface area (Å²) in [5.74, 6) is 1.12. The first-order valence-corrected chi connectivity index (χ1v) is 5.63. The summed E-state index contributed by atoms with van der Waals surface area (Å²) in [7, 11) is 1.65. The molecular weight excluding hydrogens is 222 g/mol. The van der Waals surface area contributed by atoms with E-state index in [1.54, 1.807) is 19.4 Å². The number of aromatic nitrogens is 2. The lowest BCUT2D eigenvalue weighted by Gasteiger charge is -2.07. The Hall–Kier alpha value is -1.40. The van der Waals surface area contributed by atoms with E-state index < -0.39 is 0 Å². The molecule has 0 radical (unpaired) electrons. The molecule has 0 atom stereocenters. The summed E-state index contributed by atoms with van der Waals surface area (Å²) < 4.78 is 15.4. The number of nitrogens with zero attached hydrogens (tertiary/aromatic N) is 2. The average molecular weight is 241 g/mol. The Bertz CT molecular complexity index is 310. The Morgan fingerprint density at radius 1 is 1.29 bits per heavy atom. The summed E-state index contributed by atoms with van der Waals surface area (Å²) in [6.45, 7) is 4.95. The van der Waals surface area contributed by atoms with Crippen molar-refractivity contribution in [3.63, 3.8) is 0 Å². The Kier molecular flexibility index (Phi) is 7.01. The molecule has 0 saturated carbocycles. The van der Waals surface area contributed by atoms with Gasteiger partial charge in [-0.2, -0.15) is 4.98 Å². The van der Waals surface area contributed by atoms with Crippen molar-refractivity contribution >= 4 is 5.95 Å². The van der Waals surface area contributed by atoms with Crippen LogP contribution in [-0.4, -0.2) is 50.1 Å². The monoisotopic (exact) mass is 241 g/mol. The maximum Gasteiger partial charge on any atom is 0.226 e. The van der Waals surface area contributed by atoms with Crippen LogP contribution in [0, 0.1) is 0 Å². The van der Waals surface area contributed by atoms with Crippen molar-refractivity contribution in [1.82, 2.24) is 9.97 Å². The van der Waals surface area contributed by atoms with Gasteiger partial charge < -0.3 is 19.5 Å². The van der Waals surface area contributed by atoms with Crippen LogP contribution in [0.2, 0.25) is 0 Å². The molecule has 0 spiro atoms. The smallest absolute Gasteiger partial charge is 0.226 e. The lowest BCUT2D eigenvalue weighted by atomic mass is 10.6. The molecule has 0 unspecified atom stereocenters. The summed E-state index contributed by atoms with van der Waals surface area (Å²) in [6, 6.07) is 1.73. The highest BCUT2D eigenvalue weighted by atomic mass is 16.5. The number of hydrogen-bond donors (Lipinski definition) is 1. The van der Waals surface area contributed by atoms with Crippen molar-refractivity contribution in [3.05, 3.63) is 12.3 Å². The first-order valence-electron chi connectivity index (χ1n) is 5.63. The molecule has 0 aromatic carbocycles. The fraction of sp³-hybridized carbons (Fsp3) is 0.636. The van der Waals surface area contributed by atoms with E-state index in [1.165, 1.54) is 0 Å². The van der Waals surface area contributed by atoms with Crippen LogP contribution in [-0.2, 0) is 9.47 Å². The fourth-order valence-electron chi connectivity index (χ4n) is 1.13. The van der Waals surface area contributed by atoms with E-state index in [1.807, 2.05) is 6.92 Å². The molecule has 1 N–H and O–H groups in total. The topological polar surface area (TPSA) is 65.5 Å². The molecule has 96 valence electrons. The largest absolute Gasteiger partial charge is 0.478 e. The molecule has 0 amide bonds. The second kappa shape index (κ2) is 8.72. The van der Waals surface area contributed by atoms with Crippen LogP contribution in [0.15, 0.2) is 12.3 Å². The van der Waals surface area contributed by atoms with Gasteiger partial charge in [-0.15, -0.1) is 0 Å². The van der Waals surface area contributed by atoms with Crippen LogP contribution in [0.3, 0.4) is 0 Å². The standard InChI is InChI=1S/C11H19N3O3/c1-3-17-10-4-5-12-11(14-10)13-6-7-16-9-8-15-2/h4-5H,3,6-9H2,1-2H3,(H,12,13,14). The summed E-state index contributed by atoms with van der Waals surface area (Å²) in [5.41, 5.74) is 0. The molecule has 1 aromatic rings. The molecule has 1 rings (SSSR count). The van der Waals surface area contributed by atoms with Crippen LogP contribution >= 0.6 is 0 Å². The fourth-order valence-corrected chi connectivity index (χ4v) is 1.13. The molecule has 1 heterocycles. The van der Waals surface area contributed by atoms with Crippen LogP contribution < -0.4 is 10.1 Å². The third-order valence-electron chi connectivity index (χ3n) is 1.88. The van der Waals surface area contributed by atoms with Crippen molar-refractivity contribution in [2.75, 3.05) is 45.4 Å². The molecule has 6 heteroatoms. The quantitative estimate of drug-likeness (QED) is 0.649. The normalized spacial score (nSPS) is 10.2. The maximum absolute atomic E-state index is 5.30. The Morgan fingerprint density at radius 3 is 2.94 bits per heavy atom. The third-order valence-corrected chi connectivity index (χ3v) is 1.88. The van der Waals surface area contributed by atoms with Crippen molar-refractivity contribution in [3.8, 4) is 5.88 Å². The second-order valence-corrected chi connectivity index (χ2v) is 3.18. The lowest BCUT2D eigenvalue weighted by Crippen LogP contribution is -2.13. The number of rotatable bonds is 9. The minimum atomic E-state index is 0.547. The van der Waals surface area contributed by atoms with Crippen molar-refractivity contribution in [2.45, 2.75) is 6.92 Å². The van der Waals surface area contributed by atoms with Gasteiger partial charge in [0.15, 0.2) is 0 Å². The molecule has 6 nitrogen and oxygen atoms in total. The predicted octanol–water partition coefficient (Wildman–Crippen LogP) is 0.950. The van der Waals surface area contributed by atoms with E-state index >= 15 is 0 Å². The Balaban J connectivity index is 2.19. The molecule has 0 aliphatic carbocycles. The average Bonchev–Trinajstić information content (AvgIpc) is 2.35. The van der Waals surface area contributed by atoms with E-state index in [0.717, 1.165) is 0 Å². The van der Waals surface area contributed by atoms with E-state index in [0.29, 0.717) is 44.8 Å². The number of methoxy groups -OCH3 is 1. The van der Waals surface area contributed by atoms with Gasteiger partial charge in [-0.05, 0) is 6.92 Å². The van der Waals surface area contributed by atoms with Gasteiger partial charge in [0, 0.05) is 25.9 Å². The van der Waals surface area contributed by atoms with Crippen LogP contribution in [0.5, 0.6) is 5.88 Å². The highest BCUT2D eigenvalue weighted by Crippen LogP contribution is 2.07. The zero-order valence-corrected chi connectivity index (χ0v) is 10.3. The summed E-state index contributed by atoms with van der Waals surface area (Å²) >= 11 is 0. The van der Waals surface area contributed by atoms with Crippen molar-refractivity contribution in [2.24, 2.45) is 0 Å². The van der Waals surface area contributed by atoms with Gasteiger partial charge in [-0.1, -0.05) is 0 Å². The van der Waals surface area contributed by atoms with Gasteiger partial charge >= 0.3 is 0 Å². The number of nitrogens with one attached hydrogen (secondary N) is 1. The minimum Gasteiger partial charge on any atom is -0.478 e. The van der Waals surface area contributed by atoms with Gasteiger partial charge in [0.1, 0.15) is 0 Å². The summed E-state index contributed by atoms with van der Waals surface area (Å²) in [6.07, 6.45) is 1.66. The summed E-state index contributed by atoms with van der Waals surface area (Å²) in [4.78, 5) is 8.24. The second-order valence-electron chi connectivity index (χ2n) is 3.18. The molecule has 17 heavy (non-hydrogen) atoms. The highest BCUT2D eigenvalue weighted by molar-refractivity contribution is 5.27. The minimum absolute atomic E-state index is 0.547. The SMILES string of the molecule is CCOc1ccnc(NCCOCCOC)n1. The Labute approximate surface area is 101 Å². The zero-order chi connectivity index (χ0) is 12.3. The zero-order valence-electron chi connectivity index (χ0n) is 10.3. The van der Waals surface area contributed by atoms with Crippen LogP contribution in [0.4, 0.5) is 5.95 Å². The van der Waals surface area contributed by atoms with Gasteiger partial charge in [0.2, 0.25) is 11.8 Å². The molecule has 1 aromatic heterocycles. The van der Waals surface area contributed by atoms with E-state index in [4.69, 9.17) is 14.2 Å². The predicted molar refractivity (Wildman–Crippen MR) is 64.4 cm³/mol. The molecule has 0 saturated heterocycles. The van der Waals surface area contributed by atoms with Gasteiger partial charge in [-0.3, -0.25) is 0 Å². The molecule has 0 aliphatic heterocycles. The van der Waals surface area contributed by atoms with Crippen molar-refractivity contribution < 1.29 is 14.2 Å². The molecule has 0 fully saturated rings. The van der Waals surface area contributed by atoms with Gasteiger partial charge in [-0.25, -0.2) is 4.98 Å². The van der Waals surface area contributed by atoms with Gasteiger partial charge in [0.25, 0.3) is 0 Å². The molecule has 0 aliphatic rings. The van der Waals surface area contributed by atoms with Crippen LogP contribution in [0.25, 0.3) is 0 Å². The van der Waals surface area contributed by atoms with Gasteiger partial charge in [0.05, 0.1) is 26.4 Å².